The van der Waals surface area contributed by atoms with E-state index in [1.807, 2.05) is 25.1 Å². The molecule has 2 aromatic rings. The van der Waals surface area contributed by atoms with Crippen molar-refractivity contribution in [1.82, 2.24) is 4.90 Å². The molecule has 0 radical (unpaired) electrons. The lowest BCUT2D eigenvalue weighted by Crippen LogP contribution is -2.25. The van der Waals surface area contributed by atoms with E-state index in [1.54, 1.807) is 18.0 Å². The summed E-state index contributed by atoms with van der Waals surface area (Å²) in [6.07, 6.45) is 0. The molecule has 0 saturated heterocycles. The van der Waals surface area contributed by atoms with Gasteiger partial charge in [0.15, 0.2) is 0 Å². The summed E-state index contributed by atoms with van der Waals surface area (Å²) >= 11 is 0. The fourth-order valence-corrected chi connectivity index (χ4v) is 2.56. The van der Waals surface area contributed by atoms with Crippen molar-refractivity contribution in [3.05, 3.63) is 58.9 Å². The van der Waals surface area contributed by atoms with Gasteiger partial charge in [0.2, 0.25) is 0 Å². The minimum atomic E-state index is -0.268. The van der Waals surface area contributed by atoms with E-state index in [-0.39, 0.29) is 11.7 Å². The quantitative estimate of drug-likeness (QED) is 0.706. The molecule has 1 heterocycles. The number of hydrogen-bond acceptors (Lipinski definition) is 1. The Labute approximate surface area is 111 Å². The van der Waals surface area contributed by atoms with Crippen molar-refractivity contribution >= 4 is 5.91 Å². The van der Waals surface area contributed by atoms with Crippen molar-refractivity contribution in [2.24, 2.45) is 0 Å². The summed E-state index contributed by atoms with van der Waals surface area (Å²) < 4.78 is 13.4. The zero-order valence-corrected chi connectivity index (χ0v) is 10.9. The number of aryl methyl sites for hydroxylation is 1. The van der Waals surface area contributed by atoms with Crippen molar-refractivity contribution < 1.29 is 9.18 Å². The molecule has 2 nitrogen and oxygen atoms in total. The monoisotopic (exact) mass is 255 g/mol. The van der Waals surface area contributed by atoms with E-state index in [1.165, 1.54) is 12.1 Å². The third kappa shape index (κ3) is 1.91. The number of amides is 1. The van der Waals surface area contributed by atoms with Gasteiger partial charge < -0.3 is 4.90 Å². The van der Waals surface area contributed by atoms with Crippen molar-refractivity contribution in [3.63, 3.8) is 0 Å². The van der Waals surface area contributed by atoms with Crippen LogP contribution in [0.1, 0.15) is 21.5 Å². The number of fused-ring (bicyclic) bond motifs is 3. The molecule has 1 aliphatic rings. The molecule has 3 heteroatoms. The lowest BCUT2D eigenvalue weighted by molar-refractivity contribution is 0.0788. The normalized spacial score (nSPS) is 13.8. The second kappa shape index (κ2) is 4.19. The predicted octanol–water partition coefficient (Wildman–Crippen LogP) is 3.39. The Bertz CT molecular complexity index is 678. The molecule has 0 bridgehead atoms. The molecular weight excluding hydrogens is 241 g/mol. The van der Waals surface area contributed by atoms with Gasteiger partial charge in [-0.15, -0.1) is 0 Å². The van der Waals surface area contributed by atoms with Crippen LogP contribution in [0.4, 0.5) is 4.39 Å². The average molecular weight is 255 g/mol. The van der Waals surface area contributed by atoms with E-state index >= 15 is 0 Å². The molecule has 1 amide bonds. The number of nitrogens with zero attached hydrogens (tertiary/aromatic N) is 1. The minimum Gasteiger partial charge on any atom is -0.337 e. The van der Waals surface area contributed by atoms with Gasteiger partial charge in [-0.25, -0.2) is 4.39 Å². The summed E-state index contributed by atoms with van der Waals surface area (Å²) in [5.74, 6) is -0.287. The molecular formula is C16H14FNO. The van der Waals surface area contributed by atoms with Gasteiger partial charge in [0.25, 0.3) is 5.91 Å². The van der Waals surface area contributed by atoms with Gasteiger partial charge in [-0.2, -0.15) is 0 Å². The SMILES string of the molecule is Cc1ccc2c(c1)C(=O)N(C)Cc1cc(F)ccc1-2. The van der Waals surface area contributed by atoms with Crippen LogP contribution < -0.4 is 0 Å². The van der Waals surface area contributed by atoms with Gasteiger partial charge in [0.05, 0.1) is 0 Å². The van der Waals surface area contributed by atoms with Crippen LogP contribution in [0.15, 0.2) is 36.4 Å². The number of benzene rings is 2. The highest BCUT2D eigenvalue weighted by Gasteiger charge is 2.23. The van der Waals surface area contributed by atoms with Crippen LogP contribution in [0.5, 0.6) is 0 Å². The maximum absolute atomic E-state index is 13.4. The third-order valence-electron chi connectivity index (χ3n) is 3.52. The molecule has 0 aliphatic carbocycles. The summed E-state index contributed by atoms with van der Waals surface area (Å²) in [4.78, 5) is 14.0. The standard InChI is InChI=1S/C16H14FNO/c1-10-3-5-14-13-6-4-12(17)8-11(13)9-18(2)16(19)15(14)7-10/h3-8H,9H2,1-2H3. The fourth-order valence-electron chi connectivity index (χ4n) is 2.56. The Morgan fingerprint density at radius 2 is 1.79 bits per heavy atom. The molecule has 0 aromatic heterocycles. The molecule has 0 atom stereocenters. The fraction of sp³-hybridized carbons (Fsp3) is 0.188. The number of carbonyl (C=O) groups excluding carboxylic acids is 1. The number of carbonyl (C=O) groups is 1. The predicted molar refractivity (Wildman–Crippen MR) is 72.4 cm³/mol. The smallest absolute Gasteiger partial charge is 0.254 e. The van der Waals surface area contributed by atoms with Gasteiger partial charge >= 0.3 is 0 Å². The first-order valence-electron chi connectivity index (χ1n) is 6.21. The molecule has 0 saturated carbocycles. The van der Waals surface area contributed by atoms with Gasteiger partial charge in [0.1, 0.15) is 5.82 Å². The highest BCUT2D eigenvalue weighted by molar-refractivity contribution is 6.02. The second-order valence-corrected chi connectivity index (χ2v) is 5.01. The maximum Gasteiger partial charge on any atom is 0.254 e. The highest BCUT2D eigenvalue weighted by atomic mass is 19.1. The Morgan fingerprint density at radius 3 is 2.58 bits per heavy atom. The molecule has 1 aliphatic heterocycles. The van der Waals surface area contributed by atoms with Crippen molar-refractivity contribution in [2.75, 3.05) is 7.05 Å². The Morgan fingerprint density at radius 1 is 1.05 bits per heavy atom. The molecule has 0 spiro atoms. The number of rotatable bonds is 0. The van der Waals surface area contributed by atoms with Crippen LogP contribution in [-0.2, 0) is 6.54 Å². The number of hydrogen-bond donors (Lipinski definition) is 0. The molecule has 96 valence electrons. The summed E-state index contributed by atoms with van der Waals surface area (Å²) in [6, 6.07) is 10.5. The summed E-state index contributed by atoms with van der Waals surface area (Å²) in [6.45, 7) is 2.39. The molecule has 0 N–H and O–H groups in total. The van der Waals surface area contributed by atoms with Crippen LogP contribution >= 0.6 is 0 Å². The maximum atomic E-state index is 13.4. The molecule has 2 aromatic carbocycles. The van der Waals surface area contributed by atoms with Gasteiger partial charge in [-0.05, 0) is 41.8 Å². The van der Waals surface area contributed by atoms with E-state index in [2.05, 4.69) is 0 Å². The Hall–Kier alpha value is -2.16. The summed E-state index contributed by atoms with van der Waals surface area (Å²) in [7, 11) is 1.74. The molecule has 3 rings (SSSR count). The summed E-state index contributed by atoms with van der Waals surface area (Å²) in [5, 5.41) is 0. The highest BCUT2D eigenvalue weighted by Crippen LogP contribution is 2.33. The average Bonchev–Trinajstić information content (AvgIpc) is 2.47. The van der Waals surface area contributed by atoms with Crippen molar-refractivity contribution in [2.45, 2.75) is 13.5 Å². The lowest BCUT2D eigenvalue weighted by Gasteiger charge is -2.15. The van der Waals surface area contributed by atoms with Crippen molar-refractivity contribution in [3.8, 4) is 11.1 Å². The van der Waals surface area contributed by atoms with Crippen LogP contribution in [0.2, 0.25) is 0 Å². The van der Waals surface area contributed by atoms with Crippen LogP contribution in [-0.4, -0.2) is 17.9 Å². The zero-order chi connectivity index (χ0) is 13.6. The lowest BCUT2D eigenvalue weighted by atomic mass is 9.95. The largest absolute Gasteiger partial charge is 0.337 e. The van der Waals surface area contributed by atoms with Gasteiger partial charge in [-0.3, -0.25) is 4.79 Å². The van der Waals surface area contributed by atoms with E-state index in [0.29, 0.717) is 12.1 Å². The molecule has 19 heavy (non-hydrogen) atoms. The van der Waals surface area contributed by atoms with E-state index in [4.69, 9.17) is 0 Å². The first kappa shape index (κ1) is 11.9. The Balaban J connectivity index is 2.32. The van der Waals surface area contributed by atoms with Gasteiger partial charge in [-0.1, -0.05) is 23.8 Å². The third-order valence-corrected chi connectivity index (χ3v) is 3.52. The minimum absolute atomic E-state index is 0.0182. The van der Waals surface area contributed by atoms with E-state index < -0.39 is 0 Å². The van der Waals surface area contributed by atoms with Gasteiger partial charge in [0, 0.05) is 19.2 Å². The van der Waals surface area contributed by atoms with E-state index in [0.717, 1.165) is 22.3 Å². The second-order valence-electron chi connectivity index (χ2n) is 5.01. The van der Waals surface area contributed by atoms with E-state index in [9.17, 15) is 9.18 Å². The molecule has 0 fully saturated rings. The Kier molecular flexibility index (Phi) is 2.63. The number of halogens is 1. The van der Waals surface area contributed by atoms with Crippen molar-refractivity contribution in [1.29, 1.82) is 0 Å². The summed E-state index contributed by atoms with van der Waals surface area (Å²) in [5.41, 5.74) is 4.40. The topological polar surface area (TPSA) is 20.3 Å². The van der Waals surface area contributed by atoms with Crippen LogP contribution in [0.3, 0.4) is 0 Å². The molecule has 0 unspecified atom stereocenters. The zero-order valence-electron chi connectivity index (χ0n) is 10.9. The van der Waals surface area contributed by atoms with Crippen LogP contribution in [0, 0.1) is 12.7 Å². The van der Waals surface area contributed by atoms with Crippen LogP contribution in [0.25, 0.3) is 11.1 Å². The first-order valence-corrected chi connectivity index (χ1v) is 6.21. The first-order chi connectivity index (χ1) is 9.06.